The number of hydrogen-bond acceptors (Lipinski definition) is 6. The molecule has 0 saturated heterocycles. The molecule has 0 fully saturated rings. The topological polar surface area (TPSA) is 105 Å². The molecule has 3 N–H and O–H groups in total. The smallest absolute Gasteiger partial charge is 0.335 e. The number of aromatic hydroxyl groups is 1. The van der Waals surface area contributed by atoms with Crippen molar-refractivity contribution in [2.45, 2.75) is 0 Å². The Morgan fingerprint density at radius 1 is 1.04 bits per heavy atom. The van der Waals surface area contributed by atoms with Crippen LogP contribution in [-0.4, -0.2) is 33.5 Å². The Balaban J connectivity index is 1.81. The van der Waals surface area contributed by atoms with Crippen LogP contribution in [0, 0.1) is 0 Å². The van der Waals surface area contributed by atoms with E-state index in [1.54, 1.807) is 19.2 Å². The Labute approximate surface area is 143 Å². The fourth-order valence-corrected chi connectivity index (χ4v) is 2.22. The van der Waals surface area contributed by atoms with Crippen LogP contribution in [0.25, 0.3) is 11.3 Å². The van der Waals surface area contributed by atoms with E-state index >= 15 is 0 Å². The molecule has 0 amide bonds. The van der Waals surface area contributed by atoms with Crippen molar-refractivity contribution >= 4 is 17.5 Å². The van der Waals surface area contributed by atoms with Crippen molar-refractivity contribution in [3.63, 3.8) is 0 Å². The van der Waals surface area contributed by atoms with Gasteiger partial charge < -0.3 is 20.3 Å². The molecular weight excluding hydrogens is 322 g/mol. The Morgan fingerprint density at radius 2 is 1.80 bits per heavy atom. The SMILES string of the molecule is COc1ccc(-c2ccc(Nc3cc(C(=O)O)ccc3O)nn2)cc1. The van der Waals surface area contributed by atoms with E-state index in [4.69, 9.17) is 9.84 Å². The first kappa shape index (κ1) is 16.3. The summed E-state index contributed by atoms with van der Waals surface area (Å²) in [6.45, 7) is 0. The van der Waals surface area contributed by atoms with E-state index in [0.717, 1.165) is 11.3 Å². The van der Waals surface area contributed by atoms with Crippen LogP contribution >= 0.6 is 0 Å². The molecule has 0 aliphatic rings. The van der Waals surface area contributed by atoms with Crippen LogP contribution in [0.3, 0.4) is 0 Å². The number of benzene rings is 2. The van der Waals surface area contributed by atoms with Gasteiger partial charge in [0.1, 0.15) is 11.5 Å². The third-order valence-corrected chi connectivity index (χ3v) is 3.56. The number of nitrogens with one attached hydrogen (secondary N) is 1. The summed E-state index contributed by atoms with van der Waals surface area (Å²) in [5, 5.41) is 29.9. The predicted octanol–water partition coefficient (Wildman–Crippen LogP) is 3.30. The number of phenolic OH excluding ortho intramolecular Hbond substituents is 1. The number of phenols is 1. The normalized spacial score (nSPS) is 10.3. The number of ether oxygens (including phenoxy) is 1. The van der Waals surface area contributed by atoms with Crippen LogP contribution < -0.4 is 10.1 Å². The van der Waals surface area contributed by atoms with Crippen molar-refractivity contribution in [2.75, 3.05) is 12.4 Å². The van der Waals surface area contributed by atoms with Crippen molar-refractivity contribution in [3.8, 4) is 22.8 Å². The van der Waals surface area contributed by atoms with Crippen molar-refractivity contribution in [1.29, 1.82) is 0 Å². The summed E-state index contributed by atoms with van der Waals surface area (Å²) >= 11 is 0. The molecular formula is C18H15N3O4. The van der Waals surface area contributed by atoms with Crippen molar-refractivity contribution in [3.05, 3.63) is 60.2 Å². The standard InChI is InChI=1S/C18H15N3O4/c1-25-13-5-2-11(3-6-13)14-7-9-17(21-20-14)19-15-10-12(18(23)24)4-8-16(15)22/h2-10,22H,1H3,(H,19,21)(H,23,24). The molecule has 3 aromatic rings. The highest BCUT2D eigenvalue weighted by Crippen LogP contribution is 2.27. The van der Waals surface area contributed by atoms with Gasteiger partial charge in [-0.25, -0.2) is 4.79 Å². The summed E-state index contributed by atoms with van der Waals surface area (Å²) in [6.07, 6.45) is 0. The quantitative estimate of drug-likeness (QED) is 0.614. The molecule has 0 atom stereocenters. The van der Waals surface area contributed by atoms with Gasteiger partial charge in [0.05, 0.1) is 24.1 Å². The maximum absolute atomic E-state index is 11.0. The molecule has 7 nitrogen and oxygen atoms in total. The number of carboxylic acids is 1. The van der Waals surface area contributed by atoms with E-state index < -0.39 is 5.97 Å². The zero-order valence-corrected chi connectivity index (χ0v) is 13.3. The lowest BCUT2D eigenvalue weighted by Gasteiger charge is -2.09. The molecule has 1 heterocycles. The largest absolute Gasteiger partial charge is 0.506 e. The molecule has 0 saturated carbocycles. The van der Waals surface area contributed by atoms with Crippen molar-refractivity contribution in [1.82, 2.24) is 10.2 Å². The summed E-state index contributed by atoms with van der Waals surface area (Å²) < 4.78 is 5.12. The zero-order chi connectivity index (χ0) is 17.8. The van der Waals surface area contributed by atoms with Gasteiger partial charge in [0.25, 0.3) is 0 Å². The van der Waals surface area contributed by atoms with E-state index in [9.17, 15) is 9.90 Å². The first-order chi connectivity index (χ1) is 12.1. The van der Waals surface area contributed by atoms with Crippen LogP contribution in [0.5, 0.6) is 11.5 Å². The van der Waals surface area contributed by atoms with Gasteiger partial charge in [-0.15, -0.1) is 10.2 Å². The summed E-state index contributed by atoms with van der Waals surface area (Å²) in [5.41, 5.74) is 1.86. The maximum Gasteiger partial charge on any atom is 0.335 e. The molecule has 0 aliphatic heterocycles. The molecule has 0 spiro atoms. The average molecular weight is 337 g/mol. The lowest BCUT2D eigenvalue weighted by Crippen LogP contribution is -2.00. The second kappa shape index (κ2) is 6.88. The van der Waals surface area contributed by atoms with E-state index in [1.807, 2.05) is 24.3 Å². The van der Waals surface area contributed by atoms with Gasteiger partial charge in [-0.2, -0.15) is 0 Å². The lowest BCUT2D eigenvalue weighted by atomic mass is 10.1. The molecule has 25 heavy (non-hydrogen) atoms. The molecule has 3 rings (SSSR count). The molecule has 2 aromatic carbocycles. The Morgan fingerprint density at radius 3 is 2.40 bits per heavy atom. The number of methoxy groups -OCH3 is 1. The van der Waals surface area contributed by atoms with Crippen LogP contribution in [0.4, 0.5) is 11.5 Å². The second-order valence-electron chi connectivity index (χ2n) is 5.19. The molecule has 0 radical (unpaired) electrons. The summed E-state index contributed by atoms with van der Waals surface area (Å²) in [7, 11) is 1.60. The molecule has 7 heteroatoms. The van der Waals surface area contributed by atoms with Crippen LogP contribution in [0.2, 0.25) is 0 Å². The molecule has 0 aliphatic carbocycles. The Bertz CT molecular complexity index is 893. The highest BCUT2D eigenvalue weighted by Gasteiger charge is 2.09. The molecule has 126 valence electrons. The van der Waals surface area contributed by atoms with Crippen LogP contribution in [-0.2, 0) is 0 Å². The lowest BCUT2D eigenvalue weighted by molar-refractivity contribution is 0.0697. The number of rotatable bonds is 5. The van der Waals surface area contributed by atoms with Crippen molar-refractivity contribution in [2.24, 2.45) is 0 Å². The first-order valence-corrected chi connectivity index (χ1v) is 7.38. The van der Waals surface area contributed by atoms with Gasteiger partial charge in [0, 0.05) is 5.56 Å². The predicted molar refractivity (Wildman–Crippen MR) is 92.4 cm³/mol. The number of aromatic carboxylic acids is 1. The Kier molecular flexibility index (Phi) is 4.47. The van der Waals surface area contributed by atoms with E-state index in [0.29, 0.717) is 11.5 Å². The van der Waals surface area contributed by atoms with E-state index in [1.165, 1.54) is 18.2 Å². The number of carboxylic acid groups (broad SMARTS) is 1. The highest BCUT2D eigenvalue weighted by atomic mass is 16.5. The van der Waals surface area contributed by atoms with Gasteiger partial charge in [-0.3, -0.25) is 0 Å². The van der Waals surface area contributed by atoms with Crippen molar-refractivity contribution < 1.29 is 19.7 Å². The minimum atomic E-state index is -1.08. The highest BCUT2D eigenvalue weighted by molar-refractivity contribution is 5.89. The number of hydrogen-bond donors (Lipinski definition) is 3. The average Bonchev–Trinajstić information content (AvgIpc) is 2.64. The van der Waals surface area contributed by atoms with Gasteiger partial charge >= 0.3 is 5.97 Å². The monoisotopic (exact) mass is 337 g/mol. The van der Waals surface area contributed by atoms with Crippen LogP contribution in [0.1, 0.15) is 10.4 Å². The minimum absolute atomic E-state index is 0.0584. The maximum atomic E-state index is 11.0. The molecule has 0 bridgehead atoms. The summed E-state index contributed by atoms with van der Waals surface area (Å²) in [6, 6.07) is 14.8. The number of nitrogens with zero attached hydrogens (tertiary/aromatic N) is 2. The zero-order valence-electron chi connectivity index (χ0n) is 13.3. The molecule has 1 aromatic heterocycles. The fraction of sp³-hybridized carbons (Fsp3) is 0.0556. The second-order valence-corrected chi connectivity index (χ2v) is 5.19. The summed E-state index contributed by atoms with van der Waals surface area (Å²) in [5.74, 6) is -0.0195. The molecule has 0 unspecified atom stereocenters. The number of aromatic nitrogens is 2. The first-order valence-electron chi connectivity index (χ1n) is 7.38. The number of carbonyl (C=O) groups is 1. The third kappa shape index (κ3) is 3.66. The van der Waals surface area contributed by atoms with Crippen LogP contribution in [0.15, 0.2) is 54.6 Å². The van der Waals surface area contributed by atoms with Gasteiger partial charge in [-0.1, -0.05) is 0 Å². The minimum Gasteiger partial charge on any atom is -0.506 e. The van der Waals surface area contributed by atoms with Gasteiger partial charge in [0.2, 0.25) is 0 Å². The fourth-order valence-electron chi connectivity index (χ4n) is 2.22. The Hall–Kier alpha value is -3.61. The third-order valence-electron chi connectivity index (χ3n) is 3.56. The van der Waals surface area contributed by atoms with E-state index in [2.05, 4.69) is 15.5 Å². The summed E-state index contributed by atoms with van der Waals surface area (Å²) in [4.78, 5) is 11.0. The van der Waals surface area contributed by atoms with Gasteiger partial charge in [-0.05, 0) is 54.6 Å². The van der Waals surface area contributed by atoms with Gasteiger partial charge in [0.15, 0.2) is 5.82 Å². The number of anilines is 2. The van der Waals surface area contributed by atoms with E-state index in [-0.39, 0.29) is 17.0 Å².